The third-order valence-electron chi connectivity index (χ3n) is 2.85. The van der Waals surface area contributed by atoms with E-state index in [9.17, 15) is 25.4 Å². The van der Waals surface area contributed by atoms with Gasteiger partial charge in [0.25, 0.3) is 0 Å². The molecule has 0 unspecified atom stereocenters. The molecule has 1 aliphatic heterocycles. The van der Waals surface area contributed by atoms with E-state index in [-0.39, 0.29) is 0 Å². The molecule has 1 saturated heterocycles. The van der Waals surface area contributed by atoms with Gasteiger partial charge in [-0.05, 0) is 11.0 Å². The number of nitro groups is 1. The van der Waals surface area contributed by atoms with Gasteiger partial charge in [-0.2, -0.15) is 4.57 Å². The Bertz CT molecular complexity index is 462. The molecule has 0 spiro atoms. The quantitative estimate of drug-likeness (QED) is 0.368. The summed E-state index contributed by atoms with van der Waals surface area (Å²) in [6.07, 6.45) is -3.47. The fraction of sp³-hybridized carbons (Fsp3) is 0.556. The van der Waals surface area contributed by atoms with Crippen LogP contribution in [-0.4, -0.2) is 54.8 Å². The van der Waals surface area contributed by atoms with Crippen molar-refractivity contribution in [1.82, 2.24) is 4.57 Å². The van der Waals surface area contributed by atoms with Crippen molar-refractivity contribution < 1.29 is 30.1 Å². The molecule has 1 aromatic heterocycles. The van der Waals surface area contributed by atoms with Gasteiger partial charge in [0.05, 0.1) is 12.8 Å². The van der Waals surface area contributed by atoms with Crippen molar-refractivity contribution in [2.24, 2.45) is 0 Å². The highest BCUT2D eigenvalue weighted by molar-refractivity contribution is 5.23. The van der Waals surface area contributed by atoms with Crippen LogP contribution in [0, 0.1) is 10.1 Å². The van der Waals surface area contributed by atoms with Crippen LogP contribution in [0.15, 0.2) is 18.3 Å². The predicted molar refractivity (Wildman–Crippen MR) is 55.3 cm³/mol. The zero-order valence-corrected chi connectivity index (χ0v) is 9.08. The number of aliphatic hydroxyl groups excluding tert-OH is 3. The van der Waals surface area contributed by atoms with Crippen molar-refractivity contribution in [3.05, 3.63) is 28.4 Å². The minimum atomic E-state index is -2.49. The molecule has 0 saturated carbocycles. The molecular weight excluding hydrogens is 248 g/mol. The second kappa shape index (κ2) is 4.30. The summed E-state index contributed by atoms with van der Waals surface area (Å²) in [6, 6.07) is 2.39. The van der Waals surface area contributed by atoms with Crippen molar-refractivity contribution in [2.45, 2.75) is 24.2 Å². The molecule has 1 aliphatic rings. The molecular formula is C9H12N2O7. The van der Waals surface area contributed by atoms with E-state index in [4.69, 9.17) is 9.84 Å². The molecule has 1 aromatic rings. The number of hydrogen-bond donors (Lipinski definition) is 4. The van der Waals surface area contributed by atoms with Gasteiger partial charge in [0, 0.05) is 6.07 Å². The number of hydrogen-bond acceptors (Lipinski definition) is 7. The molecule has 9 nitrogen and oxygen atoms in total. The maximum Gasteiger partial charge on any atom is 0.355 e. The molecule has 4 N–H and O–H groups in total. The van der Waals surface area contributed by atoms with Crippen molar-refractivity contribution in [3.8, 4) is 0 Å². The third kappa shape index (κ3) is 1.69. The van der Waals surface area contributed by atoms with E-state index in [0.29, 0.717) is 4.57 Å². The molecule has 100 valence electrons. The number of rotatable bonds is 3. The first-order valence-electron chi connectivity index (χ1n) is 5.11. The monoisotopic (exact) mass is 260 g/mol. The highest BCUT2D eigenvalue weighted by atomic mass is 16.7. The molecule has 1 fully saturated rings. The Hall–Kier alpha value is -1.52. The minimum absolute atomic E-state index is 0.512. The summed E-state index contributed by atoms with van der Waals surface area (Å²) in [5.74, 6) is -3.00. The van der Waals surface area contributed by atoms with Crippen molar-refractivity contribution in [1.29, 1.82) is 0 Å². The average molecular weight is 260 g/mol. The first-order valence-corrected chi connectivity index (χ1v) is 5.11. The highest BCUT2D eigenvalue weighted by Crippen LogP contribution is 2.36. The fourth-order valence-corrected chi connectivity index (χ4v) is 1.92. The van der Waals surface area contributed by atoms with E-state index < -0.39 is 41.6 Å². The van der Waals surface area contributed by atoms with Crippen LogP contribution < -0.4 is 0 Å². The average Bonchev–Trinajstić information content (AvgIpc) is 2.90. The largest absolute Gasteiger partial charge is 0.394 e. The molecule has 9 heteroatoms. The van der Waals surface area contributed by atoms with Crippen LogP contribution in [0.3, 0.4) is 0 Å². The van der Waals surface area contributed by atoms with Crippen molar-refractivity contribution >= 4 is 5.82 Å². The maximum absolute atomic E-state index is 10.7. The maximum atomic E-state index is 10.7. The molecule has 2 rings (SSSR count). The van der Waals surface area contributed by atoms with E-state index in [0.717, 1.165) is 12.3 Å². The lowest BCUT2D eigenvalue weighted by Gasteiger charge is -2.23. The van der Waals surface area contributed by atoms with E-state index in [1.807, 2.05) is 0 Å². The molecule has 0 aliphatic carbocycles. The second-order valence-electron chi connectivity index (χ2n) is 3.93. The Morgan fingerprint density at radius 1 is 1.56 bits per heavy atom. The van der Waals surface area contributed by atoms with Gasteiger partial charge in [-0.15, -0.1) is 0 Å². The normalized spacial score (nSPS) is 35.9. The Morgan fingerprint density at radius 3 is 2.72 bits per heavy atom. The number of aromatic nitrogens is 1. The molecule has 18 heavy (non-hydrogen) atoms. The summed E-state index contributed by atoms with van der Waals surface area (Å²) in [5, 5.41) is 49.1. The topological polar surface area (TPSA) is 138 Å². The molecule has 4 atom stereocenters. The van der Waals surface area contributed by atoms with Gasteiger partial charge in [-0.1, -0.05) is 0 Å². The molecule has 0 aromatic carbocycles. The van der Waals surface area contributed by atoms with E-state index in [2.05, 4.69) is 0 Å². The van der Waals surface area contributed by atoms with Crippen LogP contribution in [0.25, 0.3) is 0 Å². The van der Waals surface area contributed by atoms with Gasteiger partial charge >= 0.3 is 11.7 Å². The van der Waals surface area contributed by atoms with E-state index >= 15 is 0 Å². The number of nitrogens with zero attached hydrogens (tertiary/aromatic N) is 2. The number of ether oxygens (including phenoxy) is 1. The summed E-state index contributed by atoms with van der Waals surface area (Å²) >= 11 is 0. The lowest BCUT2D eigenvalue weighted by atomic mass is 10.1. The van der Waals surface area contributed by atoms with E-state index in [1.165, 1.54) is 6.07 Å². The molecule has 0 radical (unpaired) electrons. The molecule has 0 amide bonds. The van der Waals surface area contributed by atoms with Gasteiger partial charge in [-0.25, -0.2) is 0 Å². The second-order valence-corrected chi connectivity index (χ2v) is 3.93. The SMILES string of the molecule is O=[N+]([O-])c1cccn1[C@@]1(O)O[C@H](CO)[C@@H](O)[C@H]1O. The van der Waals surface area contributed by atoms with Crippen LogP contribution in [0.1, 0.15) is 0 Å². The van der Waals surface area contributed by atoms with Gasteiger partial charge in [-0.3, -0.25) is 0 Å². The first kappa shape index (κ1) is 12.9. The molecule has 0 bridgehead atoms. The Balaban J connectivity index is 2.43. The lowest BCUT2D eigenvalue weighted by molar-refractivity contribution is -0.403. The van der Waals surface area contributed by atoms with Crippen LogP contribution in [0.4, 0.5) is 5.82 Å². The summed E-state index contributed by atoms with van der Waals surface area (Å²) in [7, 11) is 0. The number of aliphatic hydroxyl groups is 4. The van der Waals surface area contributed by atoms with Gasteiger partial charge < -0.3 is 35.3 Å². The highest BCUT2D eigenvalue weighted by Gasteiger charge is 2.59. The molecule has 2 heterocycles. The summed E-state index contributed by atoms with van der Waals surface area (Å²) in [4.78, 5) is 9.97. The Labute approximate surface area is 101 Å². The minimum Gasteiger partial charge on any atom is -0.394 e. The summed E-state index contributed by atoms with van der Waals surface area (Å²) in [6.45, 7) is -0.643. The fourth-order valence-electron chi connectivity index (χ4n) is 1.92. The predicted octanol–water partition coefficient (Wildman–Crippen LogP) is -1.89. The smallest absolute Gasteiger partial charge is 0.355 e. The summed E-state index contributed by atoms with van der Waals surface area (Å²) < 4.78 is 5.61. The van der Waals surface area contributed by atoms with Gasteiger partial charge in [0.15, 0.2) is 6.10 Å². The Kier molecular flexibility index (Phi) is 3.09. The van der Waals surface area contributed by atoms with Crippen LogP contribution in [0.5, 0.6) is 0 Å². The standard InChI is InChI=1S/C9H12N2O7/c12-4-5-7(13)8(14)9(15,18-5)10-3-1-2-6(10)11(16)17/h1-3,5,7-8,12-15H,4H2/t5-,7-,8-,9+/m1/s1. The van der Waals surface area contributed by atoms with Gasteiger partial charge in [0.1, 0.15) is 12.2 Å². The van der Waals surface area contributed by atoms with Crippen molar-refractivity contribution in [3.63, 3.8) is 0 Å². The van der Waals surface area contributed by atoms with Crippen LogP contribution in [0.2, 0.25) is 0 Å². The zero-order chi connectivity index (χ0) is 13.5. The van der Waals surface area contributed by atoms with E-state index in [1.54, 1.807) is 0 Å². The van der Waals surface area contributed by atoms with Gasteiger partial charge in [0.2, 0.25) is 0 Å². The van der Waals surface area contributed by atoms with Crippen LogP contribution in [-0.2, 0) is 10.6 Å². The first-order chi connectivity index (χ1) is 8.41. The van der Waals surface area contributed by atoms with Crippen molar-refractivity contribution in [2.75, 3.05) is 6.61 Å². The third-order valence-corrected chi connectivity index (χ3v) is 2.85. The zero-order valence-electron chi connectivity index (χ0n) is 9.08. The van der Waals surface area contributed by atoms with Crippen LogP contribution >= 0.6 is 0 Å². The lowest BCUT2D eigenvalue weighted by Crippen LogP contribution is -2.45. The Morgan fingerprint density at radius 2 is 2.22 bits per heavy atom. The summed E-state index contributed by atoms with van der Waals surface area (Å²) in [5.41, 5.74) is 0.